The molecule has 1 aliphatic heterocycles. The van der Waals surface area contributed by atoms with Gasteiger partial charge in [0.25, 0.3) is 0 Å². The van der Waals surface area contributed by atoms with Crippen molar-refractivity contribution in [2.45, 2.75) is 39.8 Å². The Morgan fingerprint density at radius 1 is 1.04 bits per heavy atom. The molecule has 0 spiro atoms. The minimum Gasteiger partial charge on any atom is -0.424 e. The Morgan fingerprint density at radius 2 is 1.79 bits per heavy atom. The average molecular weight is 382 g/mol. The van der Waals surface area contributed by atoms with Crippen LogP contribution >= 0.6 is 0 Å². The highest BCUT2D eigenvalue weighted by molar-refractivity contribution is 5.54. The van der Waals surface area contributed by atoms with Crippen molar-refractivity contribution in [1.29, 1.82) is 0 Å². The summed E-state index contributed by atoms with van der Waals surface area (Å²) in [5.74, 6) is 2.69. The lowest BCUT2D eigenvalue weighted by Crippen LogP contribution is -2.46. The molecule has 0 radical (unpaired) electrons. The number of nitrogens with zero attached hydrogens (tertiary/aromatic N) is 6. The van der Waals surface area contributed by atoms with Crippen LogP contribution in [0.15, 0.2) is 33.2 Å². The van der Waals surface area contributed by atoms with Gasteiger partial charge < -0.3 is 8.94 Å². The van der Waals surface area contributed by atoms with Crippen LogP contribution in [0.5, 0.6) is 0 Å². The summed E-state index contributed by atoms with van der Waals surface area (Å²) in [5, 5.41) is 12.4. The Kier molecular flexibility index (Phi) is 5.50. The highest BCUT2D eigenvalue weighted by Gasteiger charge is 2.26. The van der Waals surface area contributed by atoms with E-state index >= 15 is 0 Å². The summed E-state index contributed by atoms with van der Waals surface area (Å²) in [4.78, 5) is 9.26. The third-order valence-corrected chi connectivity index (χ3v) is 5.23. The van der Waals surface area contributed by atoms with Crippen molar-refractivity contribution in [2.75, 3.05) is 26.2 Å². The maximum Gasteiger partial charge on any atom is 0.241 e. The monoisotopic (exact) mass is 382 g/mol. The van der Waals surface area contributed by atoms with Crippen LogP contribution in [0, 0.1) is 6.92 Å². The Labute approximate surface area is 164 Å². The first-order valence-electron chi connectivity index (χ1n) is 9.80. The summed E-state index contributed by atoms with van der Waals surface area (Å²) in [6.45, 7) is 10.6. The molecule has 0 bridgehead atoms. The topological polar surface area (TPSA) is 84.3 Å². The van der Waals surface area contributed by atoms with Crippen molar-refractivity contribution < 1.29 is 8.94 Å². The lowest BCUT2D eigenvalue weighted by molar-refractivity contribution is 0.0806. The smallest absolute Gasteiger partial charge is 0.241 e. The molecule has 1 aromatic carbocycles. The van der Waals surface area contributed by atoms with E-state index in [4.69, 9.17) is 8.94 Å². The van der Waals surface area contributed by atoms with E-state index in [-0.39, 0.29) is 6.04 Å². The summed E-state index contributed by atoms with van der Waals surface area (Å²) >= 11 is 0. The Morgan fingerprint density at radius 3 is 2.46 bits per heavy atom. The van der Waals surface area contributed by atoms with Gasteiger partial charge in [0.15, 0.2) is 0 Å². The Balaban J connectivity index is 1.31. The fourth-order valence-corrected chi connectivity index (χ4v) is 3.37. The molecule has 0 aliphatic carbocycles. The fourth-order valence-electron chi connectivity index (χ4n) is 3.37. The lowest BCUT2D eigenvalue weighted by Gasteiger charge is -2.36. The van der Waals surface area contributed by atoms with Crippen molar-refractivity contribution in [2.24, 2.45) is 0 Å². The van der Waals surface area contributed by atoms with Crippen molar-refractivity contribution in [3.05, 3.63) is 47.5 Å². The summed E-state index contributed by atoms with van der Waals surface area (Å²) in [6.07, 6.45) is 0.766. The first kappa shape index (κ1) is 18.8. The predicted octanol–water partition coefficient (Wildman–Crippen LogP) is 2.87. The average Bonchev–Trinajstić information content (AvgIpc) is 3.38. The second-order valence-electron chi connectivity index (χ2n) is 7.25. The van der Waals surface area contributed by atoms with Crippen LogP contribution in [-0.4, -0.2) is 56.3 Å². The van der Waals surface area contributed by atoms with Gasteiger partial charge in [-0.3, -0.25) is 9.80 Å². The number of rotatable bonds is 6. The summed E-state index contributed by atoms with van der Waals surface area (Å²) < 4.78 is 11.2. The SMILES string of the molecule is CCc1nnc([C@@H](C)N2CCN(Cc3nc(-c4ccc(C)cc4)no3)CC2)o1. The van der Waals surface area contributed by atoms with Crippen molar-refractivity contribution in [3.8, 4) is 11.4 Å². The summed E-state index contributed by atoms with van der Waals surface area (Å²) in [7, 11) is 0. The van der Waals surface area contributed by atoms with E-state index in [0.717, 1.165) is 38.2 Å². The van der Waals surface area contributed by atoms with Gasteiger partial charge >= 0.3 is 0 Å². The molecule has 0 unspecified atom stereocenters. The van der Waals surface area contributed by atoms with Crippen molar-refractivity contribution >= 4 is 0 Å². The highest BCUT2D eigenvalue weighted by Crippen LogP contribution is 2.22. The number of hydrogen-bond acceptors (Lipinski definition) is 8. The van der Waals surface area contributed by atoms with E-state index in [1.54, 1.807) is 0 Å². The van der Waals surface area contributed by atoms with Gasteiger partial charge in [-0.15, -0.1) is 10.2 Å². The second kappa shape index (κ2) is 8.20. The normalized spacial score (nSPS) is 17.1. The van der Waals surface area contributed by atoms with Gasteiger partial charge in [-0.25, -0.2) is 0 Å². The number of hydrogen-bond donors (Lipinski definition) is 0. The van der Waals surface area contributed by atoms with E-state index in [1.165, 1.54) is 5.56 Å². The van der Waals surface area contributed by atoms with E-state index in [9.17, 15) is 0 Å². The fraction of sp³-hybridized carbons (Fsp3) is 0.500. The molecule has 28 heavy (non-hydrogen) atoms. The Bertz CT molecular complexity index is 896. The number of piperazine rings is 1. The minimum atomic E-state index is 0.131. The molecule has 0 N–H and O–H groups in total. The van der Waals surface area contributed by atoms with Gasteiger partial charge in [-0.05, 0) is 13.8 Å². The number of benzene rings is 1. The summed E-state index contributed by atoms with van der Waals surface area (Å²) in [6, 6.07) is 8.28. The maximum absolute atomic E-state index is 5.71. The molecule has 148 valence electrons. The maximum atomic E-state index is 5.71. The third kappa shape index (κ3) is 4.13. The second-order valence-corrected chi connectivity index (χ2v) is 7.25. The molecule has 1 atom stereocenters. The zero-order valence-electron chi connectivity index (χ0n) is 16.6. The van der Waals surface area contributed by atoms with E-state index in [2.05, 4.69) is 56.1 Å². The number of aromatic nitrogens is 4. The largest absolute Gasteiger partial charge is 0.424 e. The van der Waals surface area contributed by atoms with Gasteiger partial charge in [-0.1, -0.05) is 41.9 Å². The molecule has 8 heteroatoms. The van der Waals surface area contributed by atoms with Crippen LogP contribution in [-0.2, 0) is 13.0 Å². The quantitative estimate of drug-likeness (QED) is 0.643. The molecule has 1 aliphatic rings. The molecule has 1 fully saturated rings. The third-order valence-electron chi connectivity index (χ3n) is 5.23. The van der Waals surface area contributed by atoms with Gasteiger partial charge in [-0.2, -0.15) is 4.98 Å². The van der Waals surface area contributed by atoms with Crippen molar-refractivity contribution in [3.63, 3.8) is 0 Å². The molecule has 1 saturated heterocycles. The molecule has 2 aromatic heterocycles. The molecule has 4 rings (SSSR count). The van der Waals surface area contributed by atoms with Crippen LogP contribution in [0.1, 0.15) is 43.1 Å². The predicted molar refractivity (Wildman–Crippen MR) is 103 cm³/mol. The highest BCUT2D eigenvalue weighted by atomic mass is 16.5. The van der Waals surface area contributed by atoms with Crippen LogP contribution in [0.2, 0.25) is 0 Å². The van der Waals surface area contributed by atoms with Gasteiger partial charge in [0, 0.05) is 38.2 Å². The first-order chi connectivity index (χ1) is 13.6. The molecular weight excluding hydrogens is 356 g/mol. The van der Waals surface area contributed by atoms with Crippen LogP contribution < -0.4 is 0 Å². The van der Waals surface area contributed by atoms with Gasteiger partial charge in [0.05, 0.1) is 12.6 Å². The van der Waals surface area contributed by atoms with Crippen molar-refractivity contribution in [1.82, 2.24) is 30.1 Å². The molecule has 0 saturated carbocycles. The van der Waals surface area contributed by atoms with Gasteiger partial charge in [0.1, 0.15) is 0 Å². The van der Waals surface area contributed by atoms with Crippen LogP contribution in [0.25, 0.3) is 11.4 Å². The zero-order valence-corrected chi connectivity index (χ0v) is 16.6. The lowest BCUT2D eigenvalue weighted by atomic mass is 10.1. The molecular formula is C20H26N6O2. The standard InChI is InChI=1S/C20H26N6O2/c1-4-17-22-23-20(27-17)15(3)26-11-9-25(10-12-26)13-18-21-19(24-28-18)16-7-5-14(2)6-8-16/h5-8,15H,4,9-13H2,1-3H3/t15-/m1/s1. The van der Waals surface area contributed by atoms with Gasteiger partial charge in [0.2, 0.25) is 23.5 Å². The van der Waals surface area contributed by atoms with E-state index < -0.39 is 0 Å². The minimum absolute atomic E-state index is 0.131. The first-order valence-corrected chi connectivity index (χ1v) is 9.80. The number of aryl methyl sites for hydroxylation is 2. The van der Waals surface area contributed by atoms with Crippen LogP contribution in [0.3, 0.4) is 0 Å². The Hall–Kier alpha value is -2.58. The summed E-state index contributed by atoms with van der Waals surface area (Å²) in [5.41, 5.74) is 2.19. The van der Waals surface area contributed by atoms with E-state index in [1.807, 2.05) is 19.1 Å². The zero-order chi connectivity index (χ0) is 19.5. The van der Waals surface area contributed by atoms with Crippen LogP contribution in [0.4, 0.5) is 0 Å². The molecule has 3 aromatic rings. The molecule has 8 nitrogen and oxygen atoms in total. The van der Waals surface area contributed by atoms with E-state index in [0.29, 0.717) is 30.0 Å². The molecule has 0 amide bonds. The molecule has 3 heterocycles.